The van der Waals surface area contributed by atoms with Crippen molar-refractivity contribution in [3.63, 3.8) is 0 Å². The minimum atomic E-state index is -0.235. The van der Waals surface area contributed by atoms with Crippen LogP contribution in [0.3, 0.4) is 0 Å². The third kappa shape index (κ3) is 3.86. The number of hydrogen-bond acceptors (Lipinski definition) is 2. The molecule has 0 heterocycles. The maximum absolute atomic E-state index is 13.1. The van der Waals surface area contributed by atoms with Crippen molar-refractivity contribution >= 4 is 6.08 Å². The normalized spacial score (nSPS) is 15.4. The van der Waals surface area contributed by atoms with E-state index in [1.54, 1.807) is 13.2 Å². The van der Waals surface area contributed by atoms with Gasteiger partial charge in [0.25, 0.3) is 0 Å². The van der Waals surface area contributed by atoms with Crippen LogP contribution in [0.5, 0.6) is 5.75 Å². The molecule has 3 heteroatoms. The first-order valence-electron chi connectivity index (χ1n) is 6.03. The van der Waals surface area contributed by atoms with Crippen molar-refractivity contribution in [2.75, 3.05) is 13.7 Å². The van der Waals surface area contributed by atoms with E-state index in [0.29, 0.717) is 5.75 Å². The zero-order chi connectivity index (χ0) is 12.1. The van der Waals surface area contributed by atoms with Crippen LogP contribution in [0.1, 0.15) is 24.8 Å². The molecule has 0 radical (unpaired) electrons. The standard InChI is InChI=1S/C14H18FNO/c1-17-14-8-5-12(15)10-11(14)4-2-3-9-16-13-6-7-13/h2,4-5,8,10,13,16H,3,6-7,9H2,1H3/b4-2+. The summed E-state index contributed by atoms with van der Waals surface area (Å²) < 4.78 is 18.2. The van der Waals surface area contributed by atoms with Gasteiger partial charge in [0.05, 0.1) is 7.11 Å². The predicted molar refractivity (Wildman–Crippen MR) is 67.6 cm³/mol. The van der Waals surface area contributed by atoms with Crippen molar-refractivity contribution in [1.29, 1.82) is 0 Å². The van der Waals surface area contributed by atoms with Crippen molar-refractivity contribution in [3.8, 4) is 5.75 Å². The molecule has 0 bridgehead atoms. The predicted octanol–water partition coefficient (Wildman–Crippen LogP) is 2.99. The number of methoxy groups -OCH3 is 1. The fourth-order valence-corrected chi connectivity index (χ4v) is 1.70. The van der Waals surface area contributed by atoms with Gasteiger partial charge in [-0.25, -0.2) is 4.39 Å². The molecule has 1 aliphatic rings. The molecule has 17 heavy (non-hydrogen) atoms. The molecule has 1 aromatic rings. The third-order valence-electron chi connectivity index (χ3n) is 2.81. The molecule has 92 valence electrons. The zero-order valence-corrected chi connectivity index (χ0v) is 10.1. The Kier molecular flexibility index (Phi) is 4.15. The Morgan fingerprint density at radius 1 is 1.47 bits per heavy atom. The summed E-state index contributed by atoms with van der Waals surface area (Å²) in [7, 11) is 1.60. The van der Waals surface area contributed by atoms with Gasteiger partial charge in [-0.15, -0.1) is 0 Å². The van der Waals surface area contributed by atoms with E-state index in [4.69, 9.17) is 4.74 Å². The van der Waals surface area contributed by atoms with Crippen LogP contribution in [0.2, 0.25) is 0 Å². The summed E-state index contributed by atoms with van der Waals surface area (Å²) in [6.45, 7) is 0.985. The Balaban J connectivity index is 1.86. The van der Waals surface area contributed by atoms with Crippen LogP contribution in [0, 0.1) is 5.82 Å². The summed E-state index contributed by atoms with van der Waals surface area (Å²) in [5.74, 6) is 0.472. The summed E-state index contributed by atoms with van der Waals surface area (Å²) >= 11 is 0. The fourth-order valence-electron chi connectivity index (χ4n) is 1.70. The van der Waals surface area contributed by atoms with Crippen LogP contribution in [0.25, 0.3) is 6.08 Å². The van der Waals surface area contributed by atoms with E-state index in [1.165, 1.54) is 25.0 Å². The summed E-state index contributed by atoms with van der Waals surface area (Å²) in [6.07, 6.45) is 7.53. The lowest BCUT2D eigenvalue weighted by molar-refractivity contribution is 0.412. The first-order valence-corrected chi connectivity index (χ1v) is 6.03. The number of rotatable bonds is 6. The van der Waals surface area contributed by atoms with Gasteiger partial charge in [-0.1, -0.05) is 12.2 Å². The number of halogens is 1. The molecule has 1 N–H and O–H groups in total. The molecule has 0 atom stereocenters. The van der Waals surface area contributed by atoms with Crippen LogP contribution in [0.15, 0.2) is 24.3 Å². The monoisotopic (exact) mass is 235 g/mol. The molecule has 0 unspecified atom stereocenters. The van der Waals surface area contributed by atoms with E-state index in [0.717, 1.165) is 24.6 Å². The quantitative estimate of drug-likeness (QED) is 0.765. The molecule has 0 aliphatic heterocycles. The summed E-state index contributed by atoms with van der Waals surface area (Å²) in [4.78, 5) is 0. The molecule has 1 fully saturated rings. The molecule has 0 amide bonds. The summed E-state index contributed by atoms with van der Waals surface area (Å²) in [5, 5.41) is 3.43. The minimum Gasteiger partial charge on any atom is -0.496 e. The average Bonchev–Trinajstić information content (AvgIpc) is 3.13. The highest BCUT2D eigenvalue weighted by molar-refractivity contribution is 5.57. The van der Waals surface area contributed by atoms with E-state index in [9.17, 15) is 4.39 Å². The maximum atomic E-state index is 13.1. The SMILES string of the molecule is COc1ccc(F)cc1/C=C/CCNC1CC1. The minimum absolute atomic E-state index is 0.235. The van der Waals surface area contributed by atoms with E-state index in [-0.39, 0.29) is 5.82 Å². The van der Waals surface area contributed by atoms with E-state index < -0.39 is 0 Å². The smallest absolute Gasteiger partial charge is 0.126 e. The van der Waals surface area contributed by atoms with Crippen molar-refractivity contribution in [2.45, 2.75) is 25.3 Å². The maximum Gasteiger partial charge on any atom is 0.126 e. The lowest BCUT2D eigenvalue weighted by Crippen LogP contribution is -2.16. The van der Waals surface area contributed by atoms with Gasteiger partial charge in [-0.3, -0.25) is 0 Å². The third-order valence-corrected chi connectivity index (χ3v) is 2.81. The fraction of sp³-hybridized carbons (Fsp3) is 0.429. The Bertz CT molecular complexity index is 399. The zero-order valence-electron chi connectivity index (χ0n) is 10.1. The molecule has 1 aliphatic carbocycles. The second-order valence-electron chi connectivity index (χ2n) is 4.31. The highest BCUT2D eigenvalue weighted by Crippen LogP contribution is 2.21. The van der Waals surface area contributed by atoms with Gasteiger partial charge in [-0.05, 0) is 44.0 Å². The topological polar surface area (TPSA) is 21.3 Å². The van der Waals surface area contributed by atoms with Gasteiger partial charge < -0.3 is 10.1 Å². The van der Waals surface area contributed by atoms with Crippen molar-refractivity contribution < 1.29 is 9.13 Å². The van der Waals surface area contributed by atoms with Crippen LogP contribution < -0.4 is 10.1 Å². The van der Waals surface area contributed by atoms with Gasteiger partial charge in [0.1, 0.15) is 11.6 Å². The second kappa shape index (κ2) is 5.82. The molecular weight excluding hydrogens is 217 g/mol. The van der Waals surface area contributed by atoms with Crippen LogP contribution in [-0.2, 0) is 0 Å². The number of hydrogen-bond donors (Lipinski definition) is 1. The second-order valence-corrected chi connectivity index (χ2v) is 4.31. The Labute approximate surface area is 101 Å². The Morgan fingerprint density at radius 3 is 3.00 bits per heavy atom. The molecule has 1 saturated carbocycles. The van der Waals surface area contributed by atoms with Gasteiger partial charge in [0.15, 0.2) is 0 Å². The van der Waals surface area contributed by atoms with Gasteiger partial charge in [0.2, 0.25) is 0 Å². The van der Waals surface area contributed by atoms with Crippen LogP contribution in [-0.4, -0.2) is 19.7 Å². The summed E-state index contributed by atoms with van der Waals surface area (Å²) in [6, 6.07) is 5.29. The van der Waals surface area contributed by atoms with Crippen LogP contribution in [0.4, 0.5) is 4.39 Å². The molecule has 0 spiro atoms. The average molecular weight is 235 g/mol. The molecule has 2 rings (SSSR count). The van der Waals surface area contributed by atoms with Gasteiger partial charge in [-0.2, -0.15) is 0 Å². The van der Waals surface area contributed by atoms with E-state index in [1.807, 2.05) is 12.2 Å². The van der Waals surface area contributed by atoms with Crippen molar-refractivity contribution in [3.05, 3.63) is 35.7 Å². The Hall–Kier alpha value is -1.35. The lowest BCUT2D eigenvalue weighted by atomic mass is 10.1. The molecule has 2 nitrogen and oxygen atoms in total. The molecule has 1 aromatic carbocycles. The van der Waals surface area contributed by atoms with E-state index in [2.05, 4.69) is 5.32 Å². The summed E-state index contributed by atoms with van der Waals surface area (Å²) in [5.41, 5.74) is 0.791. The molecule has 0 saturated heterocycles. The van der Waals surface area contributed by atoms with Gasteiger partial charge in [0, 0.05) is 11.6 Å². The van der Waals surface area contributed by atoms with Crippen molar-refractivity contribution in [1.82, 2.24) is 5.32 Å². The first-order chi connectivity index (χ1) is 8.29. The van der Waals surface area contributed by atoms with E-state index >= 15 is 0 Å². The van der Waals surface area contributed by atoms with Gasteiger partial charge >= 0.3 is 0 Å². The van der Waals surface area contributed by atoms with Crippen LogP contribution >= 0.6 is 0 Å². The largest absolute Gasteiger partial charge is 0.496 e. The van der Waals surface area contributed by atoms with Crippen molar-refractivity contribution in [2.24, 2.45) is 0 Å². The number of nitrogens with one attached hydrogen (secondary N) is 1. The molecular formula is C14H18FNO. The number of ether oxygens (including phenoxy) is 1. The molecule has 0 aromatic heterocycles. The first kappa shape index (κ1) is 12.1. The lowest BCUT2D eigenvalue weighted by Gasteiger charge is -2.04. The Morgan fingerprint density at radius 2 is 2.29 bits per heavy atom. The highest BCUT2D eigenvalue weighted by Gasteiger charge is 2.19. The highest BCUT2D eigenvalue weighted by atomic mass is 19.1. The number of benzene rings is 1.